The third-order valence-corrected chi connectivity index (χ3v) is 6.37. The number of nitrogens with zero attached hydrogens (tertiary/aromatic N) is 2. The summed E-state index contributed by atoms with van der Waals surface area (Å²) in [6, 6.07) is 11.8. The molecule has 2 heterocycles. The zero-order chi connectivity index (χ0) is 25.4. The van der Waals surface area contributed by atoms with Gasteiger partial charge in [0.1, 0.15) is 17.8 Å². The summed E-state index contributed by atoms with van der Waals surface area (Å²) in [6.45, 7) is 7.89. The first kappa shape index (κ1) is 26.4. The van der Waals surface area contributed by atoms with Crippen molar-refractivity contribution in [2.75, 3.05) is 26.7 Å². The second-order valence-corrected chi connectivity index (χ2v) is 9.31. The third-order valence-electron chi connectivity index (χ3n) is 6.37. The highest BCUT2D eigenvalue weighted by Gasteiger charge is 2.39. The number of carbonyl (C=O) groups is 3. The van der Waals surface area contributed by atoms with Gasteiger partial charge in [-0.15, -0.1) is 0 Å². The molecule has 1 aliphatic rings. The number of furan rings is 1. The van der Waals surface area contributed by atoms with Gasteiger partial charge < -0.3 is 25.3 Å². The number of amides is 3. The summed E-state index contributed by atoms with van der Waals surface area (Å²) in [5, 5.41) is 8.68. The zero-order valence-corrected chi connectivity index (χ0v) is 21.0. The lowest BCUT2D eigenvalue weighted by molar-refractivity contribution is -0.148. The topological polar surface area (TPSA) is 107 Å². The van der Waals surface area contributed by atoms with Gasteiger partial charge in [0.15, 0.2) is 0 Å². The van der Waals surface area contributed by atoms with Crippen LogP contribution in [0.4, 0.5) is 0 Å². The largest absolute Gasteiger partial charge is 0.467 e. The summed E-state index contributed by atoms with van der Waals surface area (Å²) in [4.78, 5) is 43.3. The van der Waals surface area contributed by atoms with E-state index in [1.807, 2.05) is 32.0 Å². The van der Waals surface area contributed by atoms with Crippen LogP contribution in [0, 0.1) is 5.92 Å². The molecule has 3 N–H and O–H groups in total. The van der Waals surface area contributed by atoms with Crippen LogP contribution in [0.1, 0.15) is 32.1 Å². The van der Waals surface area contributed by atoms with Gasteiger partial charge in [-0.2, -0.15) is 0 Å². The van der Waals surface area contributed by atoms with Crippen LogP contribution >= 0.6 is 0 Å². The predicted molar refractivity (Wildman–Crippen MR) is 133 cm³/mol. The summed E-state index contributed by atoms with van der Waals surface area (Å²) < 4.78 is 5.33. The number of rotatable bonds is 10. The van der Waals surface area contributed by atoms with Gasteiger partial charge >= 0.3 is 0 Å². The zero-order valence-electron chi connectivity index (χ0n) is 21.0. The summed E-state index contributed by atoms with van der Waals surface area (Å²) in [5.74, 6) is -0.230. The van der Waals surface area contributed by atoms with Gasteiger partial charge in [0.25, 0.3) is 0 Å². The molecule has 1 fully saturated rings. The van der Waals surface area contributed by atoms with E-state index >= 15 is 0 Å². The first-order valence-electron chi connectivity index (χ1n) is 12.1. The summed E-state index contributed by atoms with van der Waals surface area (Å²) in [7, 11) is 1.70. The molecule has 0 bridgehead atoms. The van der Waals surface area contributed by atoms with E-state index in [4.69, 9.17) is 4.42 Å². The van der Waals surface area contributed by atoms with Gasteiger partial charge in [-0.25, -0.2) is 0 Å². The van der Waals surface area contributed by atoms with E-state index in [0.717, 1.165) is 5.56 Å². The minimum absolute atomic E-state index is 0.135. The van der Waals surface area contributed by atoms with Crippen LogP contribution in [-0.4, -0.2) is 72.3 Å². The highest BCUT2D eigenvalue weighted by atomic mass is 16.3. The van der Waals surface area contributed by atoms with Crippen molar-refractivity contribution in [3.8, 4) is 0 Å². The maximum atomic E-state index is 13.7. The first-order chi connectivity index (χ1) is 16.8. The quantitative estimate of drug-likeness (QED) is 0.471. The second-order valence-electron chi connectivity index (χ2n) is 9.31. The summed E-state index contributed by atoms with van der Waals surface area (Å²) in [6.07, 6.45) is 1.56. The lowest BCUT2D eigenvalue weighted by Crippen LogP contribution is -2.64. The Labute approximate surface area is 207 Å². The van der Waals surface area contributed by atoms with Crippen LogP contribution < -0.4 is 16.0 Å². The third kappa shape index (κ3) is 7.16. The fraction of sp³-hybridized carbons (Fsp3) is 0.500. The Balaban J connectivity index is 1.77. The molecule has 0 spiro atoms. The molecule has 35 heavy (non-hydrogen) atoms. The van der Waals surface area contributed by atoms with Crippen LogP contribution in [0.15, 0.2) is 53.1 Å². The molecule has 0 aliphatic carbocycles. The second kappa shape index (κ2) is 12.5. The normalized spacial score (nSPS) is 18.2. The molecule has 1 aromatic heterocycles. The molecule has 0 unspecified atom stereocenters. The van der Waals surface area contributed by atoms with E-state index in [2.05, 4.69) is 33.0 Å². The molecule has 9 nitrogen and oxygen atoms in total. The van der Waals surface area contributed by atoms with E-state index in [1.165, 1.54) is 0 Å². The van der Waals surface area contributed by atoms with Crippen molar-refractivity contribution in [2.24, 2.45) is 5.92 Å². The van der Waals surface area contributed by atoms with E-state index < -0.39 is 18.1 Å². The molecule has 3 amide bonds. The first-order valence-corrected chi connectivity index (χ1v) is 12.1. The van der Waals surface area contributed by atoms with Crippen LogP contribution in [0.5, 0.6) is 0 Å². The molecule has 0 radical (unpaired) electrons. The molecule has 190 valence electrons. The maximum absolute atomic E-state index is 13.7. The fourth-order valence-corrected chi connectivity index (χ4v) is 4.12. The molecular weight excluding hydrogens is 446 g/mol. The Morgan fingerprint density at radius 2 is 1.80 bits per heavy atom. The van der Waals surface area contributed by atoms with E-state index in [9.17, 15) is 14.4 Å². The molecule has 3 rings (SSSR count). The summed E-state index contributed by atoms with van der Waals surface area (Å²) in [5.41, 5.74) is 1.15. The van der Waals surface area contributed by atoms with Gasteiger partial charge in [0, 0.05) is 26.2 Å². The SMILES string of the molecule is CN[C@@H](C)C(=O)N[C@H](C(=O)N1CCN(Cc2ccccc2)C[C@H]1C(=O)NCc1ccco1)C(C)C. The number of nitrogens with one attached hydrogen (secondary N) is 3. The highest BCUT2D eigenvalue weighted by molar-refractivity contribution is 5.93. The van der Waals surface area contributed by atoms with Crippen LogP contribution in [-0.2, 0) is 27.5 Å². The minimum atomic E-state index is -0.723. The highest BCUT2D eigenvalue weighted by Crippen LogP contribution is 2.18. The Kier molecular flexibility index (Phi) is 9.45. The lowest BCUT2D eigenvalue weighted by atomic mass is 9.99. The molecule has 1 aliphatic heterocycles. The minimum Gasteiger partial charge on any atom is -0.467 e. The average Bonchev–Trinajstić information content (AvgIpc) is 3.39. The molecule has 0 saturated carbocycles. The van der Waals surface area contributed by atoms with Crippen molar-refractivity contribution >= 4 is 17.7 Å². The Bertz CT molecular complexity index is 963. The number of carbonyl (C=O) groups excluding carboxylic acids is 3. The van der Waals surface area contributed by atoms with E-state index in [-0.39, 0.29) is 30.2 Å². The van der Waals surface area contributed by atoms with Gasteiger partial charge in [0.05, 0.1) is 18.8 Å². The Morgan fingerprint density at radius 3 is 2.43 bits per heavy atom. The van der Waals surface area contributed by atoms with Gasteiger partial charge in [-0.1, -0.05) is 44.2 Å². The van der Waals surface area contributed by atoms with E-state index in [1.54, 1.807) is 37.3 Å². The maximum Gasteiger partial charge on any atom is 0.246 e. The average molecular weight is 484 g/mol. The van der Waals surface area contributed by atoms with Crippen LogP contribution in [0.3, 0.4) is 0 Å². The van der Waals surface area contributed by atoms with Gasteiger partial charge in [-0.05, 0) is 37.6 Å². The fourth-order valence-electron chi connectivity index (χ4n) is 4.12. The monoisotopic (exact) mass is 483 g/mol. The molecular formula is C26H37N5O4. The molecule has 9 heteroatoms. The number of likely N-dealkylation sites (N-methyl/N-ethyl adjacent to an activating group) is 1. The van der Waals surface area contributed by atoms with Crippen molar-refractivity contribution < 1.29 is 18.8 Å². The number of piperazine rings is 1. The Hall–Kier alpha value is -3.17. The number of hydrogen-bond donors (Lipinski definition) is 3. The summed E-state index contributed by atoms with van der Waals surface area (Å²) >= 11 is 0. The number of hydrogen-bond acceptors (Lipinski definition) is 6. The van der Waals surface area contributed by atoms with Crippen molar-refractivity contribution in [2.45, 2.75) is 52.0 Å². The van der Waals surface area contributed by atoms with Gasteiger partial charge in [0.2, 0.25) is 17.7 Å². The lowest BCUT2D eigenvalue weighted by Gasteiger charge is -2.42. The molecule has 3 atom stereocenters. The van der Waals surface area contributed by atoms with Crippen molar-refractivity contribution in [1.82, 2.24) is 25.8 Å². The van der Waals surface area contributed by atoms with E-state index in [0.29, 0.717) is 31.9 Å². The van der Waals surface area contributed by atoms with Crippen molar-refractivity contribution in [1.29, 1.82) is 0 Å². The number of benzene rings is 1. The van der Waals surface area contributed by atoms with Gasteiger partial charge in [-0.3, -0.25) is 19.3 Å². The van der Waals surface area contributed by atoms with Crippen molar-refractivity contribution in [3.63, 3.8) is 0 Å². The predicted octanol–water partition coefficient (Wildman–Crippen LogP) is 1.36. The van der Waals surface area contributed by atoms with Crippen LogP contribution in [0.25, 0.3) is 0 Å². The molecule has 1 aromatic carbocycles. The molecule has 2 aromatic rings. The standard InChI is InChI=1S/C26H37N5O4/c1-18(2)23(29-24(32)19(3)27-4)26(34)31-13-12-30(16-20-9-6-5-7-10-20)17-22(31)25(33)28-15-21-11-8-14-35-21/h5-11,14,18-19,22-23,27H,12-13,15-17H2,1-4H3,(H,28,33)(H,29,32)/t19-,22-,23-/m0/s1. The van der Waals surface area contributed by atoms with Crippen LogP contribution in [0.2, 0.25) is 0 Å². The van der Waals surface area contributed by atoms with Crippen molar-refractivity contribution in [3.05, 3.63) is 60.1 Å². The Morgan fingerprint density at radius 1 is 1.06 bits per heavy atom. The molecule has 1 saturated heterocycles. The smallest absolute Gasteiger partial charge is 0.246 e.